The predicted octanol–water partition coefficient (Wildman–Crippen LogP) is 0.917. The first kappa shape index (κ1) is 14.4. The lowest BCUT2D eigenvalue weighted by Gasteiger charge is -2.49. The van der Waals surface area contributed by atoms with Crippen LogP contribution in [0.5, 0.6) is 0 Å². The largest absolute Gasteiger partial charge is 0.355 e. The summed E-state index contributed by atoms with van der Waals surface area (Å²) in [7, 11) is 0. The van der Waals surface area contributed by atoms with E-state index in [2.05, 4.69) is 30.3 Å². The number of anilines is 1. The molecule has 2 fully saturated rings. The maximum atomic E-state index is 12.6. The molecule has 1 aliphatic carbocycles. The Labute approximate surface area is 143 Å². The second kappa shape index (κ2) is 5.27. The molecule has 3 aromatic rings. The molecule has 5 rings (SSSR count). The first-order chi connectivity index (χ1) is 12.2. The van der Waals surface area contributed by atoms with E-state index in [0.717, 1.165) is 18.9 Å². The van der Waals surface area contributed by atoms with Crippen LogP contribution in [0.15, 0.2) is 35.8 Å². The SMILES string of the molecule is O=c1c(-n2ccnn2)c[nH]n1-c1cc(N2CC3(CCCC3)C2)ncn1. The van der Waals surface area contributed by atoms with Gasteiger partial charge in [0.1, 0.15) is 12.1 Å². The van der Waals surface area contributed by atoms with Crippen molar-refractivity contribution in [3.63, 3.8) is 0 Å². The summed E-state index contributed by atoms with van der Waals surface area (Å²) < 4.78 is 2.82. The molecule has 3 aromatic heterocycles. The van der Waals surface area contributed by atoms with Crippen molar-refractivity contribution < 1.29 is 0 Å². The molecule has 0 amide bonds. The van der Waals surface area contributed by atoms with E-state index < -0.39 is 0 Å². The van der Waals surface area contributed by atoms with Crippen molar-refractivity contribution in [2.45, 2.75) is 25.7 Å². The number of nitrogens with zero attached hydrogens (tertiary/aromatic N) is 7. The minimum absolute atomic E-state index is 0.231. The Bertz CT molecular complexity index is 943. The summed E-state index contributed by atoms with van der Waals surface area (Å²) >= 11 is 0. The number of hydrogen-bond donors (Lipinski definition) is 1. The second-order valence-electron chi connectivity index (χ2n) is 6.94. The summed E-state index contributed by atoms with van der Waals surface area (Å²) in [4.78, 5) is 23.5. The lowest BCUT2D eigenvalue weighted by atomic mass is 9.78. The molecule has 1 spiro atoms. The molecule has 1 N–H and O–H groups in total. The lowest BCUT2D eigenvalue weighted by Crippen LogP contribution is -2.55. The summed E-state index contributed by atoms with van der Waals surface area (Å²) in [5, 5.41) is 10.5. The molecule has 2 aliphatic rings. The molecule has 9 nitrogen and oxygen atoms in total. The molecule has 1 aliphatic heterocycles. The first-order valence-electron chi connectivity index (χ1n) is 8.49. The van der Waals surface area contributed by atoms with E-state index >= 15 is 0 Å². The van der Waals surface area contributed by atoms with Gasteiger partial charge in [0.25, 0.3) is 5.56 Å². The fraction of sp³-hybridized carbons (Fsp3) is 0.438. The zero-order valence-corrected chi connectivity index (χ0v) is 13.7. The molecule has 0 aromatic carbocycles. The van der Waals surface area contributed by atoms with Crippen LogP contribution in [0.2, 0.25) is 0 Å². The molecule has 25 heavy (non-hydrogen) atoms. The third-order valence-electron chi connectivity index (χ3n) is 5.33. The molecule has 0 atom stereocenters. The molecule has 1 saturated heterocycles. The van der Waals surface area contributed by atoms with Gasteiger partial charge in [-0.15, -0.1) is 5.10 Å². The van der Waals surface area contributed by atoms with Crippen molar-refractivity contribution in [1.29, 1.82) is 0 Å². The van der Waals surface area contributed by atoms with Crippen molar-refractivity contribution in [3.8, 4) is 11.5 Å². The highest BCUT2D eigenvalue weighted by Gasteiger charge is 2.45. The van der Waals surface area contributed by atoms with Gasteiger partial charge >= 0.3 is 0 Å². The maximum absolute atomic E-state index is 12.6. The first-order valence-corrected chi connectivity index (χ1v) is 8.49. The zero-order chi connectivity index (χ0) is 16.9. The minimum atomic E-state index is -0.231. The minimum Gasteiger partial charge on any atom is -0.355 e. The third kappa shape index (κ3) is 2.26. The molecule has 4 heterocycles. The predicted molar refractivity (Wildman–Crippen MR) is 90.0 cm³/mol. The average molecular weight is 338 g/mol. The average Bonchev–Trinajstić information content (AvgIpc) is 3.34. The Morgan fingerprint density at radius 3 is 2.68 bits per heavy atom. The van der Waals surface area contributed by atoms with Crippen LogP contribution in [0.3, 0.4) is 0 Å². The van der Waals surface area contributed by atoms with Crippen molar-refractivity contribution >= 4 is 5.82 Å². The smallest absolute Gasteiger partial charge is 0.298 e. The summed E-state index contributed by atoms with van der Waals surface area (Å²) in [5.41, 5.74) is 0.659. The zero-order valence-electron chi connectivity index (χ0n) is 13.7. The van der Waals surface area contributed by atoms with Crippen LogP contribution in [-0.2, 0) is 0 Å². The second-order valence-corrected chi connectivity index (χ2v) is 6.94. The highest BCUT2D eigenvalue weighted by molar-refractivity contribution is 5.47. The maximum Gasteiger partial charge on any atom is 0.298 e. The van der Waals surface area contributed by atoms with Gasteiger partial charge in [0.2, 0.25) is 0 Å². The van der Waals surface area contributed by atoms with E-state index in [4.69, 9.17) is 0 Å². The van der Waals surface area contributed by atoms with Crippen molar-refractivity contribution in [2.24, 2.45) is 5.41 Å². The molecular weight excluding hydrogens is 320 g/mol. The van der Waals surface area contributed by atoms with Gasteiger partial charge in [0, 0.05) is 24.6 Å². The number of nitrogens with one attached hydrogen (secondary N) is 1. The van der Waals surface area contributed by atoms with Gasteiger partial charge in [-0.2, -0.15) is 4.68 Å². The van der Waals surface area contributed by atoms with Gasteiger partial charge in [0.15, 0.2) is 11.5 Å². The molecule has 0 unspecified atom stereocenters. The van der Waals surface area contributed by atoms with Crippen LogP contribution in [0.1, 0.15) is 25.7 Å². The van der Waals surface area contributed by atoms with Crippen LogP contribution in [0.4, 0.5) is 5.82 Å². The number of H-pyrrole nitrogens is 1. The van der Waals surface area contributed by atoms with E-state index in [1.165, 1.54) is 47.6 Å². The van der Waals surface area contributed by atoms with Gasteiger partial charge in [-0.1, -0.05) is 18.1 Å². The van der Waals surface area contributed by atoms with Gasteiger partial charge in [0.05, 0.1) is 18.6 Å². The Morgan fingerprint density at radius 1 is 1.12 bits per heavy atom. The summed E-state index contributed by atoms with van der Waals surface area (Å²) in [6.07, 6.45) is 11.6. The van der Waals surface area contributed by atoms with E-state index in [0.29, 0.717) is 16.9 Å². The van der Waals surface area contributed by atoms with E-state index in [-0.39, 0.29) is 5.56 Å². The highest BCUT2D eigenvalue weighted by Crippen LogP contribution is 2.46. The molecular formula is C16H18N8O. The Morgan fingerprint density at radius 2 is 1.92 bits per heavy atom. The number of aromatic nitrogens is 7. The van der Waals surface area contributed by atoms with E-state index in [1.807, 2.05) is 6.07 Å². The van der Waals surface area contributed by atoms with Crippen LogP contribution in [-0.4, -0.2) is 47.8 Å². The lowest BCUT2D eigenvalue weighted by molar-refractivity contribution is 0.220. The summed E-state index contributed by atoms with van der Waals surface area (Å²) in [6.45, 7) is 2.10. The number of rotatable bonds is 3. The van der Waals surface area contributed by atoms with Crippen molar-refractivity contribution in [1.82, 2.24) is 34.7 Å². The van der Waals surface area contributed by atoms with Crippen LogP contribution >= 0.6 is 0 Å². The quantitative estimate of drug-likeness (QED) is 0.762. The Balaban J connectivity index is 1.43. The molecule has 9 heteroatoms. The topological polar surface area (TPSA) is 97.5 Å². The monoisotopic (exact) mass is 338 g/mol. The van der Waals surface area contributed by atoms with Gasteiger partial charge in [-0.3, -0.25) is 9.89 Å². The normalized spacial score (nSPS) is 18.6. The van der Waals surface area contributed by atoms with Crippen molar-refractivity contribution in [2.75, 3.05) is 18.0 Å². The highest BCUT2D eigenvalue weighted by atomic mass is 16.1. The van der Waals surface area contributed by atoms with Gasteiger partial charge < -0.3 is 4.90 Å². The van der Waals surface area contributed by atoms with Gasteiger partial charge in [-0.05, 0) is 12.8 Å². The number of aromatic amines is 1. The van der Waals surface area contributed by atoms with Crippen LogP contribution in [0.25, 0.3) is 11.5 Å². The Hall–Kier alpha value is -2.97. The Kier molecular flexibility index (Phi) is 3.03. The van der Waals surface area contributed by atoms with Crippen LogP contribution in [0, 0.1) is 5.41 Å². The molecule has 1 saturated carbocycles. The van der Waals surface area contributed by atoms with Gasteiger partial charge in [-0.25, -0.2) is 14.6 Å². The molecule has 128 valence electrons. The fourth-order valence-corrected chi connectivity index (χ4v) is 4.03. The summed E-state index contributed by atoms with van der Waals surface area (Å²) in [6, 6.07) is 1.85. The summed E-state index contributed by atoms with van der Waals surface area (Å²) in [5.74, 6) is 1.39. The standard InChI is InChI=1S/C16H18N8O/c25-15-12(23-6-5-19-21-23)8-20-24(15)14-7-13(17-11-18-14)22-9-16(10-22)3-1-2-4-16/h5-8,11,20H,1-4,9-10H2. The van der Waals surface area contributed by atoms with E-state index in [1.54, 1.807) is 12.4 Å². The van der Waals surface area contributed by atoms with Crippen LogP contribution < -0.4 is 10.5 Å². The molecule has 0 bridgehead atoms. The number of hydrogen-bond acceptors (Lipinski definition) is 6. The van der Waals surface area contributed by atoms with E-state index in [9.17, 15) is 4.79 Å². The molecule has 0 radical (unpaired) electrons. The third-order valence-corrected chi connectivity index (χ3v) is 5.33. The fourth-order valence-electron chi connectivity index (χ4n) is 4.03. The van der Waals surface area contributed by atoms with Crippen molar-refractivity contribution in [3.05, 3.63) is 41.3 Å².